The van der Waals surface area contributed by atoms with Crippen molar-refractivity contribution in [3.8, 4) is 0 Å². The Bertz CT molecular complexity index is 517. The molecule has 3 nitrogen and oxygen atoms in total. The van der Waals surface area contributed by atoms with Gasteiger partial charge >= 0.3 is 0 Å². The lowest BCUT2D eigenvalue weighted by atomic mass is 10.0. The standard InChI is InChI=1S/C17H23F2N2O/c1-12(20-9-6-14(22)7-10-20)21-8-2-3-17(21)15-11-13(18)4-5-16(15)19/h4-5,11-12,14,17,22H,1-3,6-10H2/t12?,17-/m1/s1. The summed E-state index contributed by atoms with van der Waals surface area (Å²) in [6.07, 6.45) is 2.99. The van der Waals surface area contributed by atoms with Gasteiger partial charge in [0.05, 0.1) is 12.3 Å². The van der Waals surface area contributed by atoms with E-state index in [9.17, 15) is 13.9 Å². The molecule has 2 saturated heterocycles. The normalized spacial score (nSPS) is 26.5. The molecule has 0 spiro atoms. The van der Waals surface area contributed by atoms with Crippen LogP contribution in [-0.2, 0) is 0 Å². The number of aliphatic hydroxyl groups excluding tert-OH is 1. The van der Waals surface area contributed by atoms with E-state index >= 15 is 0 Å². The molecular weight excluding hydrogens is 286 g/mol. The van der Waals surface area contributed by atoms with E-state index in [0.717, 1.165) is 51.4 Å². The van der Waals surface area contributed by atoms with Crippen LogP contribution in [0.2, 0.25) is 0 Å². The molecule has 0 aliphatic carbocycles. The predicted molar refractivity (Wildman–Crippen MR) is 81.0 cm³/mol. The van der Waals surface area contributed by atoms with E-state index in [4.69, 9.17) is 0 Å². The number of rotatable bonds is 3. The maximum Gasteiger partial charge on any atom is 0.128 e. The number of likely N-dealkylation sites (tertiary alicyclic amines) is 2. The third kappa shape index (κ3) is 3.16. The monoisotopic (exact) mass is 309 g/mol. The van der Waals surface area contributed by atoms with Gasteiger partial charge in [0.2, 0.25) is 0 Å². The van der Waals surface area contributed by atoms with Crippen molar-refractivity contribution in [1.82, 2.24) is 9.80 Å². The molecule has 2 aliphatic rings. The highest BCUT2D eigenvalue weighted by Gasteiger charge is 2.35. The summed E-state index contributed by atoms with van der Waals surface area (Å²) < 4.78 is 27.6. The van der Waals surface area contributed by atoms with Gasteiger partial charge in [-0.25, -0.2) is 8.78 Å². The highest BCUT2D eigenvalue weighted by atomic mass is 19.1. The Labute approximate surface area is 130 Å². The maximum absolute atomic E-state index is 14.1. The molecule has 0 saturated carbocycles. The third-order valence-electron chi connectivity index (χ3n) is 4.91. The van der Waals surface area contributed by atoms with Crippen molar-refractivity contribution < 1.29 is 13.9 Å². The quantitative estimate of drug-likeness (QED) is 0.930. The molecule has 2 atom stereocenters. The van der Waals surface area contributed by atoms with Crippen molar-refractivity contribution in [2.75, 3.05) is 19.6 Å². The van der Waals surface area contributed by atoms with Gasteiger partial charge in [-0.05, 0) is 50.8 Å². The fourth-order valence-corrected chi connectivity index (χ4v) is 3.64. The highest BCUT2D eigenvalue weighted by Crippen LogP contribution is 2.36. The minimum Gasteiger partial charge on any atom is -0.393 e. The van der Waals surface area contributed by atoms with Gasteiger partial charge in [0.15, 0.2) is 0 Å². The molecule has 2 aliphatic heterocycles. The van der Waals surface area contributed by atoms with Crippen molar-refractivity contribution in [2.24, 2.45) is 0 Å². The van der Waals surface area contributed by atoms with E-state index in [1.807, 2.05) is 0 Å². The first-order chi connectivity index (χ1) is 10.6. The second kappa shape index (κ2) is 6.60. The fraction of sp³-hybridized carbons (Fsp3) is 0.588. The number of aliphatic hydroxyl groups is 1. The summed E-state index contributed by atoms with van der Waals surface area (Å²) in [5.74, 6) is -0.746. The number of halogens is 2. The summed E-state index contributed by atoms with van der Waals surface area (Å²) in [6, 6.07) is 3.55. The van der Waals surface area contributed by atoms with Crippen LogP contribution in [0, 0.1) is 18.6 Å². The molecule has 2 fully saturated rings. The molecule has 2 heterocycles. The number of hydrogen-bond donors (Lipinski definition) is 1. The summed E-state index contributed by atoms with van der Waals surface area (Å²) in [5, 5.41) is 9.62. The Kier molecular flexibility index (Phi) is 4.76. The van der Waals surface area contributed by atoms with Crippen LogP contribution in [0.5, 0.6) is 0 Å². The van der Waals surface area contributed by atoms with Gasteiger partial charge in [0, 0.05) is 31.2 Å². The molecule has 1 radical (unpaired) electrons. The summed E-state index contributed by atoms with van der Waals surface area (Å²) >= 11 is 0. The van der Waals surface area contributed by atoms with E-state index in [2.05, 4.69) is 16.7 Å². The molecule has 0 aromatic heterocycles. The summed E-state index contributed by atoms with van der Waals surface area (Å²) in [6.45, 7) is 6.68. The summed E-state index contributed by atoms with van der Waals surface area (Å²) in [7, 11) is 0. The number of piperidine rings is 1. The Morgan fingerprint density at radius 2 is 1.86 bits per heavy atom. The summed E-state index contributed by atoms with van der Waals surface area (Å²) in [5.41, 5.74) is 0.434. The van der Waals surface area contributed by atoms with Crippen LogP contribution in [0.25, 0.3) is 0 Å². The minimum absolute atomic E-state index is 0.0670. The van der Waals surface area contributed by atoms with E-state index in [-0.39, 0.29) is 24.1 Å². The molecule has 3 rings (SSSR count). The van der Waals surface area contributed by atoms with Crippen molar-refractivity contribution in [3.05, 3.63) is 42.3 Å². The largest absolute Gasteiger partial charge is 0.393 e. The first-order valence-corrected chi connectivity index (χ1v) is 8.02. The second-order valence-electron chi connectivity index (χ2n) is 6.31. The zero-order chi connectivity index (χ0) is 15.7. The summed E-state index contributed by atoms with van der Waals surface area (Å²) in [4.78, 5) is 4.39. The van der Waals surface area contributed by atoms with Gasteiger partial charge in [-0.3, -0.25) is 9.80 Å². The Balaban J connectivity index is 1.76. The van der Waals surface area contributed by atoms with Crippen molar-refractivity contribution >= 4 is 0 Å². The zero-order valence-electron chi connectivity index (χ0n) is 12.7. The van der Waals surface area contributed by atoms with E-state index in [0.29, 0.717) is 5.56 Å². The van der Waals surface area contributed by atoms with Crippen LogP contribution in [0.3, 0.4) is 0 Å². The first-order valence-electron chi connectivity index (χ1n) is 8.02. The highest BCUT2D eigenvalue weighted by molar-refractivity contribution is 5.23. The Morgan fingerprint density at radius 3 is 2.59 bits per heavy atom. The second-order valence-corrected chi connectivity index (χ2v) is 6.31. The van der Waals surface area contributed by atoms with Crippen LogP contribution in [0.4, 0.5) is 8.78 Å². The third-order valence-corrected chi connectivity index (χ3v) is 4.91. The average Bonchev–Trinajstić information content (AvgIpc) is 2.99. The molecule has 1 N–H and O–H groups in total. The first kappa shape index (κ1) is 15.8. The maximum atomic E-state index is 14.1. The van der Waals surface area contributed by atoms with Gasteiger partial charge < -0.3 is 5.11 Å². The molecule has 1 aromatic rings. The predicted octanol–water partition coefficient (Wildman–Crippen LogP) is 2.72. The smallest absolute Gasteiger partial charge is 0.128 e. The molecule has 22 heavy (non-hydrogen) atoms. The zero-order valence-corrected chi connectivity index (χ0v) is 12.7. The lowest BCUT2D eigenvalue weighted by Crippen LogP contribution is -2.50. The lowest BCUT2D eigenvalue weighted by Gasteiger charge is -2.41. The number of hydrogen-bond acceptors (Lipinski definition) is 3. The van der Waals surface area contributed by atoms with Gasteiger partial charge in [0.1, 0.15) is 11.6 Å². The van der Waals surface area contributed by atoms with E-state index in [1.54, 1.807) is 0 Å². The van der Waals surface area contributed by atoms with E-state index in [1.165, 1.54) is 12.1 Å². The van der Waals surface area contributed by atoms with Crippen molar-refractivity contribution in [3.63, 3.8) is 0 Å². The lowest BCUT2D eigenvalue weighted by molar-refractivity contribution is 0.0109. The van der Waals surface area contributed by atoms with Gasteiger partial charge in [-0.1, -0.05) is 0 Å². The van der Waals surface area contributed by atoms with Gasteiger partial charge in [0.25, 0.3) is 0 Å². The molecule has 0 amide bonds. The average molecular weight is 309 g/mol. The molecule has 1 aromatic carbocycles. The molecule has 5 heteroatoms. The Hall–Kier alpha value is -1.04. The van der Waals surface area contributed by atoms with Crippen LogP contribution >= 0.6 is 0 Å². The van der Waals surface area contributed by atoms with E-state index < -0.39 is 5.82 Å². The molecule has 121 valence electrons. The minimum atomic E-state index is -0.398. The number of nitrogens with zero attached hydrogens (tertiary/aromatic N) is 2. The molecule has 1 unspecified atom stereocenters. The van der Waals surface area contributed by atoms with Gasteiger partial charge in [-0.15, -0.1) is 0 Å². The van der Waals surface area contributed by atoms with Crippen LogP contribution in [0.1, 0.15) is 37.3 Å². The molecule has 0 bridgehead atoms. The molecular formula is C17H23F2N2O. The van der Waals surface area contributed by atoms with Crippen LogP contribution < -0.4 is 0 Å². The van der Waals surface area contributed by atoms with Gasteiger partial charge in [-0.2, -0.15) is 0 Å². The van der Waals surface area contributed by atoms with Crippen LogP contribution in [-0.4, -0.2) is 46.8 Å². The van der Waals surface area contributed by atoms with Crippen LogP contribution in [0.15, 0.2) is 18.2 Å². The van der Waals surface area contributed by atoms with Crippen molar-refractivity contribution in [2.45, 2.75) is 44.0 Å². The Morgan fingerprint density at radius 1 is 1.14 bits per heavy atom. The van der Waals surface area contributed by atoms with Crippen molar-refractivity contribution in [1.29, 1.82) is 0 Å². The topological polar surface area (TPSA) is 26.7 Å². The SMILES string of the molecule is [CH2]C(N1CCC(O)CC1)N1CCC[C@@H]1c1cc(F)ccc1F. The number of benzene rings is 1. The fourth-order valence-electron chi connectivity index (χ4n) is 3.64.